The summed E-state index contributed by atoms with van der Waals surface area (Å²) in [5, 5.41) is 9.37. The molecule has 0 radical (unpaired) electrons. The minimum absolute atomic E-state index is 0.327. The zero-order valence-corrected chi connectivity index (χ0v) is 11.1. The Morgan fingerprint density at radius 2 is 1.83 bits per heavy atom. The molecule has 1 saturated carbocycles. The highest BCUT2D eigenvalue weighted by atomic mass is 16.3. The zero-order valence-electron chi connectivity index (χ0n) is 11.1. The summed E-state index contributed by atoms with van der Waals surface area (Å²) >= 11 is 0. The molecule has 1 aromatic carbocycles. The normalized spacial score (nSPS) is 18.8. The summed E-state index contributed by atoms with van der Waals surface area (Å²) in [5.74, 6) is 1.93. The smallest absolute Gasteiger partial charge is 0.132 e. The van der Waals surface area contributed by atoms with Gasteiger partial charge in [0.25, 0.3) is 0 Å². The summed E-state index contributed by atoms with van der Waals surface area (Å²) < 4.78 is 0. The molecule has 0 amide bonds. The number of hydrogen-bond acceptors (Lipinski definition) is 2. The molecule has 0 aromatic heterocycles. The number of ketones is 1. The predicted octanol–water partition coefficient (Wildman–Crippen LogP) is 4.04. The minimum atomic E-state index is 0.327. The van der Waals surface area contributed by atoms with E-state index in [9.17, 15) is 9.90 Å². The maximum absolute atomic E-state index is 11.3. The fraction of sp³-hybridized carbons (Fsp3) is 0.562. The van der Waals surface area contributed by atoms with E-state index in [-0.39, 0.29) is 0 Å². The molecular formula is C16H22O2. The molecule has 0 aliphatic heterocycles. The van der Waals surface area contributed by atoms with E-state index in [0.29, 0.717) is 23.4 Å². The van der Waals surface area contributed by atoms with E-state index in [4.69, 9.17) is 0 Å². The van der Waals surface area contributed by atoms with Crippen LogP contribution in [0.25, 0.3) is 0 Å². The molecule has 2 rings (SSSR count). The Morgan fingerprint density at radius 3 is 2.39 bits per heavy atom. The van der Waals surface area contributed by atoms with Crippen molar-refractivity contribution in [1.82, 2.24) is 0 Å². The molecule has 0 spiro atoms. The molecule has 0 saturated heterocycles. The first-order valence-corrected chi connectivity index (χ1v) is 7.01. The molecule has 0 heterocycles. The topological polar surface area (TPSA) is 37.3 Å². The van der Waals surface area contributed by atoms with Gasteiger partial charge in [0.05, 0.1) is 0 Å². The summed E-state index contributed by atoms with van der Waals surface area (Å²) in [6, 6.07) is 7.61. The van der Waals surface area contributed by atoms with Crippen molar-refractivity contribution in [3.63, 3.8) is 0 Å². The number of aromatic hydroxyl groups is 1. The maximum Gasteiger partial charge on any atom is 0.132 e. The molecule has 1 atom stereocenters. The molecule has 1 fully saturated rings. The molecule has 2 heteroatoms. The van der Waals surface area contributed by atoms with E-state index < -0.39 is 0 Å². The van der Waals surface area contributed by atoms with Gasteiger partial charge in [-0.1, -0.05) is 25.5 Å². The SMILES string of the molecule is CCCC(c1ccc(O)cc1)C1CCC(=O)CC1. The molecule has 0 bridgehead atoms. The van der Waals surface area contributed by atoms with Gasteiger partial charge in [0, 0.05) is 12.8 Å². The van der Waals surface area contributed by atoms with Gasteiger partial charge in [-0.3, -0.25) is 4.79 Å². The van der Waals surface area contributed by atoms with Crippen molar-refractivity contribution in [3.05, 3.63) is 29.8 Å². The van der Waals surface area contributed by atoms with Gasteiger partial charge in [-0.25, -0.2) is 0 Å². The van der Waals surface area contributed by atoms with Crippen LogP contribution in [-0.4, -0.2) is 10.9 Å². The van der Waals surface area contributed by atoms with Gasteiger partial charge < -0.3 is 5.11 Å². The van der Waals surface area contributed by atoms with Crippen LogP contribution in [0.1, 0.15) is 56.9 Å². The molecule has 98 valence electrons. The van der Waals surface area contributed by atoms with Gasteiger partial charge in [-0.15, -0.1) is 0 Å². The molecule has 1 aromatic rings. The van der Waals surface area contributed by atoms with Crippen LogP contribution < -0.4 is 0 Å². The maximum atomic E-state index is 11.3. The summed E-state index contributed by atoms with van der Waals surface area (Å²) in [6.45, 7) is 2.21. The highest BCUT2D eigenvalue weighted by Gasteiger charge is 2.26. The molecule has 18 heavy (non-hydrogen) atoms. The van der Waals surface area contributed by atoms with Crippen molar-refractivity contribution in [2.24, 2.45) is 5.92 Å². The third-order valence-electron chi connectivity index (χ3n) is 4.08. The number of benzene rings is 1. The fourth-order valence-electron chi connectivity index (χ4n) is 3.07. The van der Waals surface area contributed by atoms with Gasteiger partial charge in [-0.05, 0) is 48.8 Å². The first kappa shape index (κ1) is 13.1. The van der Waals surface area contributed by atoms with E-state index in [1.165, 1.54) is 12.0 Å². The first-order chi connectivity index (χ1) is 8.70. The number of phenolic OH excluding ortho intramolecular Hbond substituents is 1. The van der Waals surface area contributed by atoms with Crippen LogP contribution in [0.2, 0.25) is 0 Å². The number of rotatable bonds is 4. The van der Waals surface area contributed by atoms with Crippen molar-refractivity contribution in [3.8, 4) is 5.75 Å². The van der Waals surface area contributed by atoms with Crippen molar-refractivity contribution in [2.45, 2.75) is 51.4 Å². The molecule has 2 nitrogen and oxygen atoms in total. The van der Waals surface area contributed by atoms with Crippen LogP contribution in [0.4, 0.5) is 0 Å². The van der Waals surface area contributed by atoms with Crippen LogP contribution >= 0.6 is 0 Å². The Morgan fingerprint density at radius 1 is 1.22 bits per heavy atom. The lowest BCUT2D eigenvalue weighted by Gasteiger charge is -2.30. The van der Waals surface area contributed by atoms with E-state index in [1.54, 1.807) is 12.1 Å². The lowest BCUT2D eigenvalue weighted by molar-refractivity contribution is -0.121. The largest absolute Gasteiger partial charge is 0.508 e. The summed E-state index contributed by atoms with van der Waals surface area (Å²) in [6.07, 6.45) is 5.90. The van der Waals surface area contributed by atoms with Crippen LogP contribution in [0.15, 0.2) is 24.3 Å². The zero-order chi connectivity index (χ0) is 13.0. The molecular weight excluding hydrogens is 224 g/mol. The monoisotopic (exact) mass is 246 g/mol. The van der Waals surface area contributed by atoms with E-state index in [1.807, 2.05) is 12.1 Å². The summed E-state index contributed by atoms with van der Waals surface area (Å²) in [5.41, 5.74) is 1.31. The highest BCUT2D eigenvalue weighted by Crippen LogP contribution is 2.38. The second kappa shape index (κ2) is 6.03. The van der Waals surface area contributed by atoms with Gasteiger partial charge in [-0.2, -0.15) is 0 Å². The van der Waals surface area contributed by atoms with Crippen LogP contribution in [0.3, 0.4) is 0 Å². The van der Waals surface area contributed by atoms with Gasteiger partial charge in [0.15, 0.2) is 0 Å². The summed E-state index contributed by atoms with van der Waals surface area (Å²) in [4.78, 5) is 11.3. The highest BCUT2D eigenvalue weighted by molar-refractivity contribution is 5.79. The number of Topliss-reactive ketones (excluding diaryl/α,β-unsaturated/α-hetero) is 1. The minimum Gasteiger partial charge on any atom is -0.508 e. The lowest BCUT2D eigenvalue weighted by atomic mass is 9.74. The van der Waals surface area contributed by atoms with Crippen LogP contribution in [-0.2, 0) is 4.79 Å². The average molecular weight is 246 g/mol. The lowest BCUT2D eigenvalue weighted by Crippen LogP contribution is -2.20. The van der Waals surface area contributed by atoms with Gasteiger partial charge >= 0.3 is 0 Å². The Balaban J connectivity index is 2.12. The molecule has 1 unspecified atom stereocenters. The van der Waals surface area contributed by atoms with Crippen molar-refractivity contribution >= 4 is 5.78 Å². The first-order valence-electron chi connectivity index (χ1n) is 7.01. The molecule has 1 aliphatic rings. The van der Waals surface area contributed by atoms with Gasteiger partial charge in [0.2, 0.25) is 0 Å². The quantitative estimate of drug-likeness (QED) is 0.870. The van der Waals surface area contributed by atoms with Crippen molar-refractivity contribution in [2.75, 3.05) is 0 Å². The number of hydrogen-bond donors (Lipinski definition) is 1. The third-order valence-corrected chi connectivity index (χ3v) is 4.08. The predicted molar refractivity (Wildman–Crippen MR) is 72.7 cm³/mol. The summed E-state index contributed by atoms with van der Waals surface area (Å²) in [7, 11) is 0. The average Bonchev–Trinajstić information content (AvgIpc) is 2.39. The van der Waals surface area contributed by atoms with E-state index in [0.717, 1.165) is 32.1 Å². The van der Waals surface area contributed by atoms with E-state index >= 15 is 0 Å². The Labute approximate surface area is 109 Å². The van der Waals surface area contributed by atoms with Crippen LogP contribution in [0, 0.1) is 5.92 Å². The van der Waals surface area contributed by atoms with Crippen molar-refractivity contribution in [1.29, 1.82) is 0 Å². The Hall–Kier alpha value is -1.31. The molecule has 1 N–H and O–H groups in total. The van der Waals surface area contributed by atoms with Crippen LogP contribution in [0.5, 0.6) is 5.75 Å². The number of carbonyl (C=O) groups excluding carboxylic acids is 1. The van der Waals surface area contributed by atoms with Crippen molar-refractivity contribution < 1.29 is 9.90 Å². The standard InChI is InChI=1S/C16H22O2/c1-2-3-16(12-4-8-14(17)9-5-12)13-6-10-15(18)11-7-13/h4-5,8-9,13,16-17H,2-3,6-7,10-11H2,1H3. The fourth-order valence-corrected chi connectivity index (χ4v) is 3.07. The van der Waals surface area contributed by atoms with E-state index in [2.05, 4.69) is 6.92 Å². The second-order valence-corrected chi connectivity index (χ2v) is 5.36. The number of carbonyl (C=O) groups is 1. The number of phenols is 1. The second-order valence-electron chi connectivity index (χ2n) is 5.36. The third kappa shape index (κ3) is 3.12. The van der Waals surface area contributed by atoms with Gasteiger partial charge in [0.1, 0.15) is 11.5 Å². The Bertz CT molecular complexity index is 384. The molecule has 1 aliphatic carbocycles. The Kier molecular flexibility index (Phi) is 4.40.